The predicted molar refractivity (Wildman–Crippen MR) is 78.5 cm³/mol. The van der Waals surface area contributed by atoms with Gasteiger partial charge in [0.15, 0.2) is 0 Å². The SMILES string of the molecule is CC1CCc2sc(C(=O)NCC(N)C3CC3)cc2C1. The minimum Gasteiger partial charge on any atom is -0.350 e. The summed E-state index contributed by atoms with van der Waals surface area (Å²) in [7, 11) is 0. The van der Waals surface area contributed by atoms with E-state index in [-0.39, 0.29) is 11.9 Å². The summed E-state index contributed by atoms with van der Waals surface area (Å²) in [5.74, 6) is 1.45. The number of fused-ring (bicyclic) bond motifs is 1. The fourth-order valence-electron chi connectivity index (χ4n) is 2.81. The molecule has 19 heavy (non-hydrogen) atoms. The van der Waals surface area contributed by atoms with E-state index in [0.29, 0.717) is 12.5 Å². The summed E-state index contributed by atoms with van der Waals surface area (Å²) < 4.78 is 0. The number of amides is 1. The van der Waals surface area contributed by atoms with Crippen LogP contribution >= 0.6 is 11.3 Å². The fourth-order valence-corrected chi connectivity index (χ4v) is 3.93. The number of carbonyl (C=O) groups is 1. The summed E-state index contributed by atoms with van der Waals surface area (Å²) in [6.45, 7) is 2.90. The molecule has 3 N–H and O–H groups in total. The standard InChI is InChI=1S/C15H22N2OS/c1-9-2-5-13-11(6-9)7-14(19-13)15(18)17-8-12(16)10-3-4-10/h7,9-10,12H,2-6,8,16H2,1H3,(H,17,18). The largest absolute Gasteiger partial charge is 0.350 e. The molecule has 2 unspecified atom stereocenters. The third-order valence-corrected chi connectivity index (χ3v) is 5.51. The van der Waals surface area contributed by atoms with Crippen molar-refractivity contribution in [3.8, 4) is 0 Å². The van der Waals surface area contributed by atoms with Crippen LogP contribution in [0.2, 0.25) is 0 Å². The second kappa shape index (κ2) is 5.25. The maximum atomic E-state index is 12.1. The highest BCUT2D eigenvalue weighted by Gasteiger charge is 2.28. The minimum atomic E-state index is 0.0585. The van der Waals surface area contributed by atoms with Gasteiger partial charge in [0.25, 0.3) is 5.91 Å². The van der Waals surface area contributed by atoms with Crippen LogP contribution in [0.1, 0.15) is 46.3 Å². The molecule has 1 aromatic heterocycles. The first-order valence-corrected chi connectivity index (χ1v) is 8.10. The van der Waals surface area contributed by atoms with Crippen molar-refractivity contribution in [2.24, 2.45) is 17.6 Å². The lowest BCUT2D eigenvalue weighted by Crippen LogP contribution is -2.38. The number of nitrogens with one attached hydrogen (secondary N) is 1. The van der Waals surface area contributed by atoms with Gasteiger partial charge in [0.1, 0.15) is 0 Å². The molecule has 1 aromatic rings. The topological polar surface area (TPSA) is 55.1 Å². The van der Waals surface area contributed by atoms with Crippen molar-refractivity contribution in [1.29, 1.82) is 0 Å². The maximum Gasteiger partial charge on any atom is 0.261 e. The average molecular weight is 278 g/mol. The minimum absolute atomic E-state index is 0.0585. The molecule has 0 radical (unpaired) electrons. The summed E-state index contributed by atoms with van der Waals surface area (Å²) in [5, 5.41) is 2.99. The number of hydrogen-bond acceptors (Lipinski definition) is 3. The highest BCUT2D eigenvalue weighted by atomic mass is 32.1. The lowest BCUT2D eigenvalue weighted by atomic mass is 9.90. The summed E-state index contributed by atoms with van der Waals surface area (Å²) >= 11 is 1.67. The van der Waals surface area contributed by atoms with Crippen molar-refractivity contribution in [3.05, 3.63) is 21.4 Å². The monoisotopic (exact) mass is 278 g/mol. The Labute approximate surface area is 118 Å². The predicted octanol–water partition coefficient (Wildman–Crippen LogP) is 2.34. The van der Waals surface area contributed by atoms with Crippen molar-refractivity contribution < 1.29 is 4.79 Å². The number of nitrogens with two attached hydrogens (primary N) is 1. The second-order valence-corrected chi connectivity index (χ2v) is 7.26. The number of rotatable bonds is 4. The second-order valence-electron chi connectivity index (χ2n) is 6.12. The molecule has 104 valence electrons. The van der Waals surface area contributed by atoms with Gasteiger partial charge in [-0.25, -0.2) is 0 Å². The highest BCUT2D eigenvalue weighted by Crippen LogP contribution is 2.33. The average Bonchev–Trinajstić information content (AvgIpc) is 3.15. The van der Waals surface area contributed by atoms with E-state index in [2.05, 4.69) is 18.3 Å². The molecule has 1 fully saturated rings. The molecule has 1 saturated carbocycles. The van der Waals surface area contributed by atoms with Gasteiger partial charge in [-0.3, -0.25) is 4.79 Å². The van der Waals surface area contributed by atoms with Crippen LogP contribution in [-0.2, 0) is 12.8 Å². The van der Waals surface area contributed by atoms with Gasteiger partial charge in [0.2, 0.25) is 0 Å². The molecule has 0 aliphatic heterocycles. The lowest BCUT2D eigenvalue weighted by Gasteiger charge is -2.16. The number of thiophene rings is 1. The molecule has 0 aromatic carbocycles. The van der Waals surface area contributed by atoms with E-state index in [1.54, 1.807) is 11.3 Å². The van der Waals surface area contributed by atoms with E-state index in [4.69, 9.17) is 5.73 Å². The van der Waals surface area contributed by atoms with Crippen LogP contribution in [0.4, 0.5) is 0 Å². The van der Waals surface area contributed by atoms with Gasteiger partial charge in [-0.05, 0) is 55.6 Å². The molecule has 2 aliphatic carbocycles. The first kappa shape index (κ1) is 13.1. The molecule has 3 rings (SSSR count). The number of hydrogen-bond donors (Lipinski definition) is 2. The van der Waals surface area contributed by atoms with Crippen LogP contribution in [0.15, 0.2) is 6.07 Å². The van der Waals surface area contributed by atoms with Gasteiger partial charge >= 0.3 is 0 Å². The molecule has 1 heterocycles. The van der Waals surface area contributed by atoms with E-state index >= 15 is 0 Å². The quantitative estimate of drug-likeness (QED) is 0.888. The van der Waals surface area contributed by atoms with Crippen LogP contribution in [0.3, 0.4) is 0 Å². The zero-order valence-electron chi connectivity index (χ0n) is 11.4. The Kier molecular flexibility index (Phi) is 3.63. The third kappa shape index (κ3) is 3.00. The van der Waals surface area contributed by atoms with E-state index in [0.717, 1.165) is 23.6 Å². The van der Waals surface area contributed by atoms with Crippen LogP contribution in [0.5, 0.6) is 0 Å². The lowest BCUT2D eigenvalue weighted by molar-refractivity contribution is 0.0954. The van der Waals surface area contributed by atoms with E-state index in [1.807, 2.05) is 0 Å². The Hall–Kier alpha value is -0.870. The van der Waals surface area contributed by atoms with E-state index in [9.17, 15) is 4.79 Å². The van der Waals surface area contributed by atoms with Crippen LogP contribution in [0.25, 0.3) is 0 Å². The fraction of sp³-hybridized carbons (Fsp3) is 0.667. The normalized spacial score (nSPS) is 23.8. The Bertz CT molecular complexity index is 478. The van der Waals surface area contributed by atoms with Gasteiger partial charge < -0.3 is 11.1 Å². The van der Waals surface area contributed by atoms with Gasteiger partial charge in [0, 0.05) is 17.5 Å². The zero-order chi connectivity index (χ0) is 13.4. The van der Waals surface area contributed by atoms with Crippen molar-refractivity contribution in [3.63, 3.8) is 0 Å². The van der Waals surface area contributed by atoms with Crippen molar-refractivity contribution in [1.82, 2.24) is 5.32 Å². The molecular formula is C15H22N2OS. The molecule has 1 amide bonds. The number of carbonyl (C=O) groups excluding carboxylic acids is 1. The first-order valence-electron chi connectivity index (χ1n) is 7.29. The molecule has 0 saturated heterocycles. The van der Waals surface area contributed by atoms with Crippen molar-refractivity contribution in [2.45, 2.75) is 45.1 Å². The first-order chi connectivity index (χ1) is 9.13. The van der Waals surface area contributed by atoms with E-state index in [1.165, 1.54) is 29.7 Å². The zero-order valence-corrected chi connectivity index (χ0v) is 12.3. The summed E-state index contributed by atoms with van der Waals surface area (Å²) in [6, 6.07) is 2.23. The van der Waals surface area contributed by atoms with Crippen LogP contribution < -0.4 is 11.1 Å². The molecular weight excluding hydrogens is 256 g/mol. The summed E-state index contributed by atoms with van der Waals surface area (Å²) in [6.07, 6.45) is 5.96. The smallest absolute Gasteiger partial charge is 0.261 e. The maximum absolute atomic E-state index is 12.1. The molecule has 0 spiro atoms. The van der Waals surface area contributed by atoms with Crippen LogP contribution in [-0.4, -0.2) is 18.5 Å². The molecule has 2 aliphatic rings. The Balaban J connectivity index is 1.60. The molecule has 3 nitrogen and oxygen atoms in total. The van der Waals surface area contributed by atoms with Crippen molar-refractivity contribution >= 4 is 17.2 Å². The Morgan fingerprint density at radius 1 is 1.53 bits per heavy atom. The summed E-state index contributed by atoms with van der Waals surface area (Å²) in [4.78, 5) is 14.4. The molecule has 2 atom stereocenters. The number of aryl methyl sites for hydroxylation is 1. The van der Waals surface area contributed by atoms with Crippen LogP contribution in [0, 0.1) is 11.8 Å². The molecule has 4 heteroatoms. The van der Waals surface area contributed by atoms with Gasteiger partial charge in [0.05, 0.1) is 4.88 Å². The van der Waals surface area contributed by atoms with Gasteiger partial charge in [-0.2, -0.15) is 0 Å². The van der Waals surface area contributed by atoms with Gasteiger partial charge in [-0.15, -0.1) is 11.3 Å². The molecule has 0 bridgehead atoms. The third-order valence-electron chi connectivity index (χ3n) is 4.28. The van der Waals surface area contributed by atoms with E-state index < -0.39 is 0 Å². The Morgan fingerprint density at radius 2 is 2.32 bits per heavy atom. The summed E-state index contributed by atoms with van der Waals surface area (Å²) in [5.41, 5.74) is 7.40. The Morgan fingerprint density at radius 3 is 3.05 bits per heavy atom. The highest BCUT2D eigenvalue weighted by molar-refractivity contribution is 7.14. The van der Waals surface area contributed by atoms with Crippen molar-refractivity contribution in [2.75, 3.05) is 6.54 Å². The van der Waals surface area contributed by atoms with Gasteiger partial charge in [-0.1, -0.05) is 6.92 Å².